The Morgan fingerprint density at radius 1 is 1.33 bits per heavy atom. The molecule has 1 amide bonds. The molecule has 1 aromatic heterocycles. The van der Waals surface area contributed by atoms with E-state index in [1.54, 1.807) is 6.07 Å². The first kappa shape index (κ1) is 17.4. The summed E-state index contributed by atoms with van der Waals surface area (Å²) in [5.41, 5.74) is 0.820. The predicted molar refractivity (Wildman–Crippen MR) is 90.9 cm³/mol. The first-order chi connectivity index (χ1) is 11.7. The number of amides is 1. The minimum absolute atomic E-state index is 0.137. The van der Waals surface area contributed by atoms with Gasteiger partial charge < -0.3 is 14.6 Å². The zero-order valence-corrected chi connectivity index (χ0v) is 14.8. The quantitative estimate of drug-likeness (QED) is 0.863. The number of nitrogens with zero attached hydrogens (tertiary/aromatic N) is 2. The Labute approximate surface area is 143 Å². The molecule has 1 N–H and O–H groups in total. The van der Waals surface area contributed by atoms with Crippen LogP contribution in [-0.2, 0) is 11.2 Å². The Kier molecular flexibility index (Phi) is 5.89. The molecule has 0 bridgehead atoms. The molecule has 3 rings (SSSR count). The molecule has 6 heteroatoms. The van der Waals surface area contributed by atoms with E-state index in [-0.39, 0.29) is 11.9 Å². The topological polar surface area (TPSA) is 67.6 Å². The Bertz CT molecular complexity index is 539. The zero-order valence-electron chi connectivity index (χ0n) is 14.8. The molecule has 2 aliphatic heterocycles. The number of carbonyl (C=O) groups excluding carboxylic acids is 1. The Morgan fingerprint density at radius 3 is 2.79 bits per heavy atom. The van der Waals surface area contributed by atoms with Crippen LogP contribution >= 0.6 is 0 Å². The first-order valence-corrected chi connectivity index (χ1v) is 9.29. The summed E-state index contributed by atoms with van der Waals surface area (Å²) in [6, 6.07) is 2.53. The summed E-state index contributed by atoms with van der Waals surface area (Å²) in [5, 5.41) is 7.10. The zero-order chi connectivity index (χ0) is 16.9. The van der Waals surface area contributed by atoms with Crippen molar-refractivity contribution in [3.8, 4) is 0 Å². The fourth-order valence-corrected chi connectivity index (χ4v) is 3.90. The van der Waals surface area contributed by atoms with Gasteiger partial charge in [0.25, 0.3) is 5.91 Å². The molecule has 6 nitrogen and oxygen atoms in total. The van der Waals surface area contributed by atoms with Gasteiger partial charge in [-0.3, -0.25) is 9.69 Å². The molecule has 134 valence electrons. The minimum atomic E-state index is -0.137. The van der Waals surface area contributed by atoms with Crippen molar-refractivity contribution in [1.82, 2.24) is 15.4 Å². The molecule has 0 unspecified atom stereocenters. The fourth-order valence-electron chi connectivity index (χ4n) is 3.90. The Balaban J connectivity index is 1.62. The highest BCUT2D eigenvalue weighted by Gasteiger charge is 2.37. The number of carbonyl (C=O) groups is 1. The molecule has 2 fully saturated rings. The van der Waals surface area contributed by atoms with Gasteiger partial charge in [0, 0.05) is 44.5 Å². The number of aromatic nitrogens is 1. The van der Waals surface area contributed by atoms with Gasteiger partial charge in [-0.15, -0.1) is 0 Å². The van der Waals surface area contributed by atoms with Crippen LogP contribution in [0.3, 0.4) is 0 Å². The van der Waals surface area contributed by atoms with Gasteiger partial charge in [-0.05, 0) is 31.6 Å². The lowest BCUT2D eigenvalue weighted by molar-refractivity contribution is 0.0405. The van der Waals surface area contributed by atoms with Gasteiger partial charge in [-0.25, -0.2) is 0 Å². The third-order valence-electron chi connectivity index (χ3n) is 5.30. The molecule has 2 saturated heterocycles. The number of hydrogen-bond donors (Lipinski definition) is 1. The van der Waals surface area contributed by atoms with Crippen molar-refractivity contribution >= 4 is 5.91 Å². The van der Waals surface area contributed by atoms with Crippen LogP contribution in [0.2, 0.25) is 0 Å². The lowest BCUT2D eigenvalue weighted by Crippen LogP contribution is -2.42. The van der Waals surface area contributed by atoms with E-state index in [0.717, 1.165) is 64.1 Å². The summed E-state index contributed by atoms with van der Waals surface area (Å²) in [6.07, 6.45) is 5.25. The second-order valence-electron chi connectivity index (χ2n) is 6.96. The highest BCUT2D eigenvalue weighted by molar-refractivity contribution is 5.91. The van der Waals surface area contributed by atoms with Crippen LogP contribution in [0.25, 0.3) is 0 Å². The van der Waals surface area contributed by atoms with E-state index in [2.05, 4.69) is 22.3 Å². The largest absolute Gasteiger partial charge is 0.381 e. The maximum atomic E-state index is 12.5. The van der Waals surface area contributed by atoms with Crippen molar-refractivity contribution in [1.29, 1.82) is 0 Å². The standard InChI is InChI=1S/C18H29N3O3/c1-3-5-13-11-21(15-6-8-23-9-7-15)12-16(13)19-18(22)17-10-14(4-2)20-24-17/h10,13,15-16H,3-9,11-12H2,1-2H3,(H,19,22)/t13-,16-/m0/s1. The molecular formula is C18H29N3O3. The van der Waals surface area contributed by atoms with E-state index in [1.165, 1.54) is 0 Å². The number of rotatable bonds is 6. The molecule has 1 aromatic rings. The van der Waals surface area contributed by atoms with Crippen LogP contribution in [0.1, 0.15) is 55.8 Å². The van der Waals surface area contributed by atoms with Crippen LogP contribution < -0.4 is 5.32 Å². The van der Waals surface area contributed by atoms with E-state index >= 15 is 0 Å². The lowest BCUT2D eigenvalue weighted by Gasteiger charge is -2.31. The molecule has 2 aliphatic rings. The molecule has 0 radical (unpaired) electrons. The third-order valence-corrected chi connectivity index (χ3v) is 5.30. The van der Waals surface area contributed by atoms with Crippen molar-refractivity contribution in [3.63, 3.8) is 0 Å². The third kappa shape index (κ3) is 3.98. The number of ether oxygens (including phenoxy) is 1. The van der Waals surface area contributed by atoms with E-state index in [9.17, 15) is 4.79 Å². The predicted octanol–water partition coefficient (Wildman–Crippen LogP) is 2.25. The van der Waals surface area contributed by atoms with Gasteiger partial charge >= 0.3 is 0 Å². The number of likely N-dealkylation sites (tertiary alicyclic amines) is 1. The van der Waals surface area contributed by atoms with Crippen LogP contribution in [0.4, 0.5) is 0 Å². The molecule has 24 heavy (non-hydrogen) atoms. The van der Waals surface area contributed by atoms with Gasteiger partial charge in [0.1, 0.15) is 0 Å². The monoisotopic (exact) mass is 335 g/mol. The van der Waals surface area contributed by atoms with Crippen LogP contribution in [0, 0.1) is 5.92 Å². The van der Waals surface area contributed by atoms with E-state index < -0.39 is 0 Å². The molecule has 0 aliphatic carbocycles. The molecule has 3 heterocycles. The summed E-state index contributed by atoms with van der Waals surface area (Å²) in [4.78, 5) is 15.0. The van der Waals surface area contributed by atoms with Gasteiger partial charge in [0.05, 0.1) is 5.69 Å². The summed E-state index contributed by atoms with van der Waals surface area (Å²) in [7, 11) is 0. The van der Waals surface area contributed by atoms with E-state index in [4.69, 9.17) is 9.26 Å². The highest BCUT2D eigenvalue weighted by atomic mass is 16.5. The fraction of sp³-hybridized carbons (Fsp3) is 0.778. The van der Waals surface area contributed by atoms with Gasteiger partial charge in [0.15, 0.2) is 0 Å². The Hall–Kier alpha value is -1.40. The molecule has 0 aromatic carbocycles. The smallest absolute Gasteiger partial charge is 0.290 e. The summed E-state index contributed by atoms with van der Waals surface area (Å²) >= 11 is 0. The van der Waals surface area contributed by atoms with E-state index in [0.29, 0.717) is 17.7 Å². The lowest BCUT2D eigenvalue weighted by atomic mass is 9.98. The average Bonchev–Trinajstić information content (AvgIpc) is 3.23. The Morgan fingerprint density at radius 2 is 2.12 bits per heavy atom. The van der Waals surface area contributed by atoms with Gasteiger partial charge in [0.2, 0.25) is 5.76 Å². The minimum Gasteiger partial charge on any atom is -0.381 e. The second kappa shape index (κ2) is 8.12. The number of nitrogens with one attached hydrogen (secondary N) is 1. The maximum Gasteiger partial charge on any atom is 0.290 e. The maximum absolute atomic E-state index is 12.5. The molecule has 2 atom stereocenters. The molecule has 0 spiro atoms. The van der Waals surface area contributed by atoms with Gasteiger partial charge in [-0.1, -0.05) is 25.4 Å². The molecular weight excluding hydrogens is 306 g/mol. The first-order valence-electron chi connectivity index (χ1n) is 9.29. The van der Waals surface area contributed by atoms with Crippen molar-refractivity contribution in [3.05, 3.63) is 17.5 Å². The van der Waals surface area contributed by atoms with E-state index in [1.807, 2.05) is 6.92 Å². The number of hydrogen-bond acceptors (Lipinski definition) is 5. The second-order valence-corrected chi connectivity index (χ2v) is 6.96. The van der Waals surface area contributed by atoms with Crippen LogP contribution in [0.15, 0.2) is 10.6 Å². The van der Waals surface area contributed by atoms with Gasteiger partial charge in [-0.2, -0.15) is 0 Å². The van der Waals surface area contributed by atoms with Crippen molar-refractivity contribution in [2.24, 2.45) is 5.92 Å². The summed E-state index contributed by atoms with van der Waals surface area (Å²) in [6.45, 7) is 7.92. The summed E-state index contributed by atoms with van der Waals surface area (Å²) < 4.78 is 10.7. The van der Waals surface area contributed by atoms with Crippen molar-refractivity contribution < 1.29 is 14.1 Å². The van der Waals surface area contributed by atoms with Crippen molar-refractivity contribution in [2.45, 2.75) is 58.0 Å². The average molecular weight is 335 g/mol. The van der Waals surface area contributed by atoms with Crippen LogP contribution in [0.5, 0.6) is 0 Å². The highest BCUT2D eigenvalue weighted by Crippen LogP contribution is 2.27. The summed E-state index contributed by atoms with van der Waals surface area (Å²) in [5.74, 6) is 0.698. The van der Waals surface area contributed by atoms with Crippen molar-refractivity contribution in [2.75, 3.05) is 26.3 Å². The normalized spacial score (nSPS) is 25.9. The molecule has 0 saturated carbocycles. The SMILES string of the molecule is CCC[C@H]1CN(C2CCOCC2)C[C@@H]1NC(=O)c1cc(CC)no1. The van der Waals surface area contributed by atoms with Crippen LogP contribution in [-0.4, -0.2) is 54.4 Å². The number of aryl methyl sites for hydroxylation is 1.